The number of para-hydroxylation sites is 2. The first-order valence-corrected chi connectivity index (χ1v) is 11.2. The van der Waals surface area contributed by atoms with Crippen LogP contribution in [0.15, 0.2) is 41.1 Å². The minimum Gasteiger partial charge on any atom is -0.423 e. The topological polar surface area (TPSA) is 81.5 Å². The molecule has 4 heterocycles. The fourth-order valence-corrected chi connectivity index (χ4v) is 4.96. The molecule has 5 rings (SSSR count). The summed E-state index contributed by atoms with van der Waals surface area (Å²) in [5.74, 6) is 1.13. The van der Waals surface area contributed by atoms with Gasteiger partial charge in [-0.25, -0.2) is 4.98 Å². The molecular weight excluding hydrogens is 392 g/mol. The number of nitrogens with zero attached hydrogens (tertiary/aromatic N) is 5. The minimum atomic E-state index is 0.0729. The fraction of sp³-hybridized carbons (Fsp3) is 0.522. The first kappa shape index (κ1) is 20.1. The maximum absolute atomic E-state index is 13.0. The van der Waals surface area contributed by atoms with E-state index >= 15 is 0 Å². The van der Waals surface area contributed by atoms with Gasteiger partial charge in [-0.3, -0.25) is 9.69 Å². The van der Waals surface area contributed by atoms with Crippen LogP contribution in [0, 0.1) is 5.92 Å². The van der Waals surface area contributed by atoms with Gasteiger partial charge in [-0.15, -0.1) is 0 Å². The number of rotatable bonds is 5. The van der Waals surface area contributed by atoms with Crippen LogP contribution in [0.25, 0.3) is 11.1 Å². The van der Waals surface area contributed by atoms with Crippen LogP contribution >= 0.6 is 0 Å². The average molecular weight is 423 g/mol. The number of aromatic nitrogens is 3. The second-order valence-electron chi connectivity index (χ2n) is 8.75. The molecule has 0 bridgehead atoms. The Morgan fingerprint density at radius 2 is 2.06 bits per heavy atom. The molecule has 1 amide bonds. The van der Waals surface area contributed by atoms with Crippen LogP contribution in [0.5, 0.6) is 0 Å². The number of fused-ring (bicyclic) bond motifs is 1. The summed E-state index contributed by atoms with van der Waals surface area (Å²) >= 11 is 0. The molecule has 2 aliphatic heterocycles. The van der Waals surface area contributed by atoms with E-state index in [0.29, 0.717) is 12.6 Å². The molecule has 0 aliphatic carbocycles. The maximum Gasteiger partial charge on any atom is 0.298 e. The zero-order valence-electron chi connectivity index (χ0n) is 18.0. The van der Waals surface area contributed by atoms with Gasteiger partial charge in [0, 0.05) is 45.1 Å². The monoisotopic (exact) mass is 422 g/mol. The van der Waals surface area contributed by atoms with Crippen LogP contribution in [-0.4, -0.2) is 69.9 Å². The molecule has 3 aromatic rings. The lowest BCUT2D eigenvalue weighted by Gasteiger charge is -2.42. The third-order valence-electron chi connectivity index (χ3n) is 6.65. The fourth-order valence-electron chi connectivity index (χ4n) is 4.96. The van der Waals surface area contributed by atoms with Crippen LogP contribution in [-0.2, 0) is 11.3 Å². The van der Waals surface area contributed by atoms with Crippen molar-refractivity contribution >= 4 is 23.0 Å². The van der Waals surface area contributed by atoms with Crippen molar-refractivity contribution in [3.8, 4) is 0 Å². The van der Waals surface area contributed by atoms with Gasteiger partial charge in [0.15, 0.2) is 5.58 Å². The highest BCUT2D eigenvalue weighted by Gasteiger charge is 2.33. The number of hydrogen-bond donors (Lipinski definition) is 1. The van der Waals surface area contributed by atoms with E-state index in [-0.39, 0.29) is 11.8 Å². The molecule has 2 aromatic heterocycles. The number of imidazole rings is 1. The van der Waals surface area contributed by atoms with E-state index < -0.39 is 0 Å². The van der Waals surface area contributed by atoms with Gasteiger partial charge in [0.1, 0.15) is 11.3 Å². The smallest absolute Gasteiger partial charge is 0.298 e. The van der Waals surface area contributed by atoms with Crippen molar-refractivity contribution in [2.24, 2.45) is 5.92 Å². The Balaban J connectivity index is 1.16. The van der Waals surface area contributed by atoms with Gasteiger partial charge >= 0.3 is 0 Å². The van der Waals surface area contributed by atoms with E-state index in [1.165, 1.54) is 0 Å². The van der Waals surface area contributed by atoms with Gasteiger partial charge in [-0.2, -0.15) is 4.98 Å². The maximum atomic E-state index is 13.0. The number of nitrogens with one attached hydrogen (secondary N) is 1. The number of H-pyrrole nitrogens is 1. The number of anilines is 1. The molecule has 164 valence electrons. The Bertz CT molecular complexity index is 975. The molecule has 1 aromatic carbocycles. The van der Waals surface area contributed by atoms with Gasteiger partial charge in [0.2, 0.25) is 5.91 Å². The van der Waals surface area contributed by atoms with Gasteiger partial charge in [-0.1, -0.05) is 12.1 Å². The van der Waals surface area contributed by atoms with Gasteiger partial charge in [-0.05, 0) is 44.4 Å². The number of benzene rings is 1. The Kier molecular flexibility index (Phi) is 5.63. The standard InChI is InChI=1S/C23H30N6O2/c1-27(16-21-24-10-11-25-21)22(30)17-5-4-12-29(15-17)18-8-13-28(14-9-18)23-26-19-6-2-3-7-20(19)31-23/h2-3,6-7,10-11,17-18H,4-5,8-9,12-16H2,1H3,(H,24,25)/t17-/m1/s1. The first-order chi connectivity index (χ1) is 15.2. The van der Waals surface area contributed by atoms with Crippen molar-refractivity contribution in [1.29, 1.82) is 0 Å². The van der Waals surface area contributed by atoms with E-state index in [4.69, 9.17) is 4.42 Å². The molecule has 2 aliphatic rings. The van der Waals surface area contributed by atoms with Crippen LogP contribution in [0.2, 0.25) is 0 Å². The van der Waals surface area contributed by atoms with Crippen LogP contribution in [0.1, 0.15) is 31.5 Å². The molecule has 8 nitrogen and oxygen atoms in total. The lowest BCUT2D eigenvalue weighted by Crippen LogP contribution is -2.51. The van der Waals surface area contributed by atoms with E-state index in [1.54, 1.807) is 12.4 Å². The van der Waals surface area contributed by atoms with Crippen molar-refractivity contribution in [2.45, 2.75) is 38.3 Å². The summed E-state index contributed by atoms with van der Waals surface area (Å²) in [5, 5.41) is 0. The normalized spacial score (nSPS) is 20.9. The largest absolute Gasteiger partial charge is 0.423 e. The molecule has 0 radical (unpaired) electrons. The van der Waals surface area contributed by atoms with Gasteiger partial charge in [0.05, 0.1) is 12.5 Å². The Labute approximate surface area is 182 Å². The summed E-state index contributed by atoms with van der Waals surface area (Å²) in [6.07, 6.45) is 7.71. The molecule has 31 heavy (non-hydrogen) atoms. The van der Waals surface area contributed by atoms with E-state index in [1.807, 2.05) is 36.2 Å². The second-order valence-corrected chi connectivity index (χ2v) is 8.75. The predicted octanol–water partition coefficient (Wildman–Crippen LogP) is 2.89. The number of piperidine rings is 2. The highest BCUT2D eigenvalue weighted by molar-refractivity contribution is 5.79. The highest BCUT2D eigenvalue weighted by Crippen LogP contribution is 2.28. The molecule has 1 N–H and O–H groups in total. The molecule has 2 saturated heterocycles. The molecule has 0 unspecified atom stereocenters. The van der Waals surface area contributed by atoms with Gasteiger partial charge in [0.25, 0.3) is 6.01 Å². The zero-order chi connectivity index (χ0) is 21.2. The van der Waals surface area contributed by atoms with Crippen molar-refractivity contribution in [3.63, 3.8) is 0 Å². The quantitative estimate of drug-likeness (QED) is 0.681. The summed E-state index contributed by atoms with van der Waals surface area (Å²) in [6, 6.07) is 9.16. The number of oxazole rings is 1. The Hall–Kier alpha value is -2.87. The van der Waals surface area contributed by atoms with Crippen LogP contribution < -0.4 is 4.90 Å². The molecule has 0 saturated carbocycles. The number of aromatic amines is 1. The third-order valence-corrected chi connectivity index (χ3v) is 6.65. The van der Waals surface area contributed by atoms with Crippen molar-refractivity contribution in [1.82, 2.24) is 24.8 Å². The number of amides is 1. The first-order valence-electron chi connectivity index (χ1n) is 11.2. The summed E-state index contributed by atoms with van der Waals surface area (Å²) in [5.41, 5.74) is 1.76. The number of hydrogen-bond acceptors (Lipinski definition) is 6. The lowest BCUT2D eigenvalue weighted by atomic mass is 9.93. The van der Waals surface area contributed by atoms with Crippen LogP contribution in [0.3, 0.4) is 0 Å². The van der Waals surface area contributed by atoms with E-state index in [0.717, 1.165) is 74.8 Å². The molecule has 1 atom stereocenters. The SMILES string of the molecule is CN(Cc1ncc[nH]1)C(=O)[C@@H]1CCCN(C2CCN(c3nc4ccccc4o3)CC2)C1. The van der Waals surface area contributed by atoms with Crippen molar-refractivity contribution < 1.29 is 9.21 Å². The predicted molar refractivity (Wildman–Crippen MR) is 119 cm³/mol. The second kappa shape index (κ2) is 8.70. The van der Waals surface area contributed by atoms with E-state index in [9.17, 15) is 4.79 Å². The average Bonchev–Trinajstić information content (AvgIpc) is 3.48. The Morgan fingerprint density at radius 1 is 1.23 bits per heavy atom. The minimum absolute atomic E-state index is 0.0729. The van der Waals surface area contributed by atoms with Gasteiger partial charge < -0.3 is 19.2 Å². The highest BCUT2D eigenvalue weighted by atomic mass is 16.4. The summed E-state index contributed by atoms with van der Waals surface area (Å²) in [4.78, 5) is 31.6. The van der Waals surface area contributed by atoms with Crippen molar-refractivity contribution in [2.75, 3.05) is 38.1 Å². The third kappa shape index (κ3) is 4.30. The summed E-state index contributed by atoms with van der Waals surface area (Å²) in [6.45, 7) is 4.34. The van der Waals surface area contributed by atoms with Crippen molar-refractivity contribution in [3.05, 3.63) is 42.5 Å². The molecule has 8 heteroatoms. The van der Waals surface area contributed by atoms with E-state index in [2.05, 4.69) is 24.8 Å². The number of carbonyl (C=O) groups is 1. The molecular formula is C23H30N6O2. The Morgan fingerprint density at radius 3 is 2.84 bits per heavy atom. The zero-order valence-corrected chi connectivity index (χ0v) is 18.0. The number of likely N-dealkylation sites (tertiary alicyclic amines) is 1. The number of carbonyl (C=O) groups excluding carboxylic acids is 1. The summed E-state index contributed by atoms with van der Waals surface area (Å²) < 4.78 is 5.95. The summed E-state index contributed by atoms with van der Waals surface area (Å²) in [7, 11) is 1.88. The molecule has 2 fully saturated rings. The molecule has 0 spiro atoms. The van der Waals surface area contributed by atoms with Crippen LogP contribution in [0.4, 0.5) is 6.01 Å². The lowest BCUT2D eigenvalue weighted by molar-refractivity contribution is -0.137.